The largest absolute Gasteiger partial charge is 0.378 e. The molecule has 1 atom stereocenters. The zero-order valence-corrected chi connectivity index (χ0v) is 9.86. The van der Waals surface area contributed by atoms with E-state index in [1.807, 2.05) is 43.3 Å². The Bertz CT molecular complexity index is 440. The molecule has 1 saturated heterocycles. The monoisotopic (exact) mass is 233 g/mol. The summed E-state index contributed by atoms with van der Waals surface area (Å²) >= 11 is 0. The molecule has 1 aliphatic heterocycles. The molecule has 0 aliphatic carbocycles. The molecule has 5 heteroatoms. The third-order valence-electron chi connectivity index (χ3n) is 2.69. The third-order valence-corrected chi connectivity index (χ3v) is 2.69. The summed E-state index contributed by atoms with van der Waals surface area (Å²) < 4.78 is 0. The first-order valence-electron chi connectivity index (χ1n) is 5.44. The van der Waals surface area contributed by atoms with Gasteiger partial charge >= 0.3 is 0 Å². The van der Waals surface area contributed by atoms with Crippen LogP contribution in [-0.4, -0.2) is 32.0 Å². The van der Waals surface area contributed by atoms with Crippen LogP contribution in [0, 0.1) is 0 Å². The topological polar surface area (TPSA) is 61.4 Å². The van der Waals surface area contributed by atoms with Gasteiger partial charge in [-0.1, -0.05) is 0 Å². The van der Waals surface area contributed by atoms with Crippen molar-refractivity contribution in [1.29, 1.82) is 0 Å². The summed E-state index contributed by atoms with van der Waals surface area (Å²) in [7, 11) is 3.93. The molecule has 5 nitrogen and oxygen atoms in total. The van der Waals surface area contributed by atoms with E-state index in [-0.39, 0.29) is 18.2 Å². The average Bonchev–Trinajstić information content (AvgIpc) is 2.58. The summed E-state index contributed by atoms with van der Waals surface area (Å²) in [5.74, 6) is -0.482. The van der Waals surface area contributed by atoms with E-state index in [2.05, 4.69) is 10.6 Å². The smallest absolute Gasteiger partial charge is 0.249 e. The molecule has 0 aromatic heterocycles. The van der Waals surface area contributed by atoms with E-state index in [0.717, 1.165) is 11.4 Å². The van der Waals surface area contributed by atoms with Crippen LogP contribution in [0.3, 0.4) is 0 Å². The van der Waals surface area contributed by atoms with Crippen LogP contribution in [-0.2, 0) is 9.59 Å². The fourth-order valence-electron chi connectivity index (χ4n) is 1.73. The van der Waals surface area contributed by atoms with E-state index < -0.39 is 6.04 Å². The van der Waals surface area contributed by atoms with Gasteiger partial charge in [0.25, 0.3) is 0 Å². The van der Waals surface area contributed by atoms with Gasteiger partial charge in [0.15, 0.2) is 0 Å². The fourth-order valence-corrected chi connectivity index (χ4v) is 1.73. The second kappa shape index (κ2) is 4.45. The minimum atomic E-state index is -0.451. The van der Waals surface area contributed by atoms with Crippen LogP contribution >= 0.6 is 0 Å². The van der Waals surface area contributed by atoms with Crippen LogP contribution in [0.15, 0.2) is 24.3 Å². The standard InChI is InChI=1S/C12H15N3O2/c1-15(2)9-5-3-8(4-6-9)13-10-7-11(16)14-12(10)17/h3-6,10,13H,7H2,1-2H3,(H,14,16,17)/t10-/m0/s1. The van der Waals surface area contributed by atoms with Crippen LogP contribution in [0.5, 0.6) is 0 Å². The first kappa shape index (κ1) is 11.4. The van der Waals surface area contributed by atoms with Gasteiger partial charge in [0.1, 0.15) is 6.04 Å². The molecule has 2 rings (SSSR count). The molecule has 2 N–H and O–H groups in total. The molecule has 1 aromatic rings. The Labute approximate surface area is 99.8 Å². The summed E-state index contributed by atoms with van der Waals surface area (Å²) in [5.41, 5.74) is 1.92. The molecule has 1 aromatic carbocycles. The number of nitrogens with one attached hydrogen (secondary N) is 2. The van der Waals surface area contributed by atoms with Crippen molar-refractivity contribution in [3.05, 3.63) is 24.3 Å². The van der Waals surface area contributed by atoms with Crippen molar-refractivity contribution in [3.63, 3.8) is 0 Å². The molecule has 17 heavy (non-hydrogen) atoms. The number of hydrogen-bond acceptors (Lipinski definition) is 4. The molecule has 0 bridgehead atoms. The highest BCUT2D eigenvalue weighted by Gasteiger charge is 2.30. The minimum absolute atomic E-state index is 0.203. The van der Waals surface area contributed by atoms with Crippen molar-refractivity contribution in [2.45, 2.75) is 12.5 Å². The lowest BCUT2D eigenvalue weighted by Crippen LogP contribution is -2.29. The Morgan fingerprint density at radius 3 is 2.35 bits per heavy atom. The van der Waals surface area contributed by atoms with Gasteiger partial charge in [-0.15, -0.1) is 0 Å². The fraction of sp³-hybridized carbons (Fsp3) is 0.333. The lowest BCUT2D eigenvalue weighted by molar-refractivity contribution is -0.124. The maximum absolute atomic E-state index is 11.4. The third kappa shape index (κ3) is 2.55. The van der Waals surface area contributed by atoms with Crippen molar-refractivity contribution in [3.8, 4) is 0 Å². The van der Waals surface area contributed by atoms with Crippen molar-refractivity contribution in [2.75, 3.05) is 24.3 Å². The zero-order chi connectivity index (χ0) is 12.4. The Kier molecular flexibility index (Phi) is 2.99. The second-order valence-electron chi connectivity index (χ2n) is 4.25. The van der Waals surface area contributed by atoms with E-state index in [1.165, 1.54) is 0 Å². The summed E-state index contributed by atoms with van der Waals surface area (Å²) in [6.45, 7) is 0. The molecule has 0 spiro atoms. The molecule has 90 valence electrons. The molecule has 1 heterocycles. The Hall–Kier alpha value is -2.04. The first-order valence-corrected chi connectivity index (χ1v) is 5.44. The van der Waals surface area contributed by atoms with E-state index in [4.69, 9.17) is 0 Å². The molecular formula is C12H15N3O2. The lowest BCUT2D eigenvalue weighted by Gasteiger charge is -2.14. The van der Waals surface area contributed by atoms with Gasteiger partial charge in [-0.3, -0.25) is 14.9 Å². The predicted octanol–water partition coefficient (Wildman–Crippen LogP) is 0.580. The number of nitrogens with zero attached hydrogens (tertiary/aromatic N) is 1. The van der Waals surface area contributed by atoms with E-state index >= 15 is 0 Å². The molecule has 0 radical (unpaired) electrons. The summed E-state index contributed by atoms with van der Waals surface area (Å²) in [6.07, 6.45) is 0.203. The van der Waals surface area contributed by atoms with Crippen molar-refractivity contribution in [2.24, 2.45) is 0 Å². The maximum atomic E-state index is 11.4. The lowest BCUT2D eigenvalue weighted by atomic mass is 10.2. The number of hydrogen-bond donors (Lipinski definition) is 2. The maximum Gasteiger partial charge on any atom is 0.249 e. The van der Waals surface area contributed by atoms with Gasteiger partial charge in [-0.05, 0) is 24.3 Å². The Balaban J connectivity index is 2.04. The second-order valence-corrected chi connectivity index (χ2v) is 4.25. The van der Waals surface area contributed by atoms with E-state index in [1.54, 1.807) is 0 Å². The normalized spacial score (nSPS) is 19.1. The van der Waals surface area contributed by atoms with Gasteiger partial charge in [-0.25, -0.2) is 0 Å². The predicted molar refractivity (Wildman–Crippen MR) is 65.9 cm³/mol. The summed E-state index contributed by atoms with van der Waals surface area (Å²) in [5, 5.41) is 5.30. The molecule has 1 aliphatic rings. The highest BCUT2D eigenvalue weighted by Crippen LogP contribution is 2.17. The molecule has 0 saturated carbocycles. The molecule has 0 unspecified atom stereocenters. The van der Waals surface area contributed by atoms with Crippen LogP contribution < -0.4 is 15.5 Å². The van der Waals surface area contributed by atoms with Gasteiger partial charge in [0, 0.05) is 25.5 Å². The van der Waals surface area contributed by atoms with Gasteiger partial charge in [0.05, 0.1) is 6.42 Å². The number of imide groups is 1. The Morgan fingerprint density at radius 2 is 1.88 bits per heavy atom. The molecule has 2 amide bonds. The summed E-state index contributed by atoms with van der Waals surface area (Å²) in [6, 6.07) is 7.25. The van der Waals surface area contributed by atoms with Gasteiger partial charge in [0.2, 0.25) is 11.8 Å². The Morgan fingerprint density at radius 1 is 1.24 bits per heavy atom. The molecule has 1 fully saturated rings. The number of carbonyl (C=O) groups is 2. The summed E-state index contributed by atoms with van der Waals surface area (Å²) in [4.78, 5) is 24.4. The van der Waals surface area contributed by atoms with Crippen molar-refractivity contribution in [1.82, 2.24) is 5.32 Å². The van der Waals surface area contributed by atoms with Crippen LogP contribution in [0.25, 0.3) is 0 Å². The molecular weight excluding hydrogens is 218 g/mol. The number of carbonyl (C=O) groups excluding carboxylic acids is 2. The minimum Gasteiger partial charge on any atom is -0.378 e. The van der Waals surface area contributed by atoms with Gasteiger partial charge < -0.3 is 10.2 Å². The first-order chi connectivity index (χ1) is 8.06. The number of benzene rings is 1. The average molecular weight is 233 g/mol. The number of amides is 2. The highest BCUT2D eigenvalue weighted by molar-refractivity contribution is 6.06. The SMILES string of the molecule is CN(C)c1ccc(N[C@H]2CC(=O)NC2=O)cc1. The van der Waals surface area contributed by atoms with Crippen LogP contribution in [0.1, 0.15) is 6.42 Å². The van der Waals surface area contributed by atoms with Gasteiger partial charge in [-0.2, -0.15) is 0 Å². The quantitative estimate of drug-likeness (QED) is 0.750. The number of rotatable bonds is 3. The van der Waals surface area contributed by atoms with Crippen LogP contribution in [0.4, 0.5) is 11.4 Å². The number of anilines is 2. The van der Waals surface area contributed by atoms with Crippen molar-refractivity contribution < 1.29 is 9.59 Å². The van der Waals surface area contributed by atoms with E-state index in [0.29, 0.717) is 0 Å². The van der Waals surface area contributed by atoms with Crippen LogP contribution in [0.2, 0.25) is 0 Å². The van der Waals surface area contributed by atoms with Crippen molar-refractivity contribution >= 4 is 23.2 Å². The highest BCUT2D eigenvalue weighted by atomic mass is 16.2. The van der Waals surface area contributed by atoms with E-state index in [9.17, 15) is 9.59 Å². The zero-order valence-electron chi connectivity index (χ0n) is 9.86.